The number of alkyl halides is 6. The van der Waals surface area contributed by atoms with Crippen molar-refractivity contribution in [2.45, 2.75) is 94.5 Å². The maximum absolute atomic E-state index is 13.1. The molecule has 0 aliphatic heterocycles. The van der Waals surface area contributed by atoms with Crippen LogP contribution < -0.4 is 9.88 Å². The summed E-state index contributed by atoms with van der Waals surface area (Å²) in [4.78, 5) is 11.4. The Morgan fingerprint density at radius 2 is 1.62 bits per heavy atom. The summed E-state index contributed by atoms with van der Waals surface area (Å²) < 4.78 is 112. The number of carbonyl (C=O) groups is 1. The van der Waals surface area contributed by atoms with Crippen molar-refractivity contribution in [1.29, 1.82) is 0 Å². The number of nitrogens with zero attached hydrogens (tertiary/aromatic N) is 2. The van der Waals surface area contributed by atoms with E-state index in [1.165, 1.54) is 42.5 Å². The van der Waals surface area contributed by atoms with Crippen molar-refractivity contribution >= 4 is 16.0 Å². The number of primary sulfonamides is 1. The summed E-state index contributed by atoms with van der Waals surface area (Å²) in [6, 6.07) is 17.5. The molecule has 0 bridgehead atoms. The van der Waals surface area contributed by atoms with E-state index in [1.807, 2.05) is 19.1 Å². The van der Waals surface area contributed by atoms with Crippen LogP contribution in [-0.2, 0) is 31.9 Å². The number of benzene rings is 3. The summed E-state index contributed by atoms with van der Waals surface area (Å²) in [5.74, 6) is -0.883. The van der Waals surface area contributed by atoms with Crippen LogP contribution in [0.15, 0.2) is 108 Å². The van der Waals surface area contributed by atoms with Crippen molar-refractivity contribution in [2.75, 3.05) is 6.61 Å². The smallest absolute Gasteiger partial charge is 0.435 e. The van der Waals surface area contributed by atoms with E-state index in [2.05, 4.69) is 5.10 Å². The molecule has 1 aliphatic carbocycles. The first-order valence-electron chi connectivity index (χ1n) is 19.3. The van der Waals surface area contributed by atoms with E-state index < -0.39 is 51.9 Å². The third kappa shape index (κ3) is 14.8. The molecule has 11 nitrogen and oxygen atoms in total. The molecule has 1 fully saturated rings. The third-order valence-corrected chi connectivity index (χ3v) is 10.4. The number of rotatable bonds is 15. The molecule has 0 saturated heterocycles. The Labute approximate surface area is 350 Å². The quantitative estimate of drug-likeness (QED) is 0.0400. The van der Waals surface area contributed by atoms with Crippen LogP contribution in [0.1, 0.15) is 62.8 Å². The second kappa shape index (κ2) is 21.2. The lowest BCUT2D eigenvalue weighted by atomic mass is 9.89. The Balaban J connectivity index is 0.000000280. The Kier molecular flexibility index (Phi) is 16.9. The molecule has 5 atom stereocenters. The summed E-state index contributed by atoms with van der Waals surface area (Å²) in [5, 5.41) is 39.5. The minimum Gasteiger partial charge on any atom is -0.491 e. The normalized spacial score (nSPS) is 19.0. The number of allylic oxidation sites excluding steroid dienone is 2. The van der Waals surface area contributed by atoms with Gasteiger partial charge < -0.3 is 24.8 Å². The van der Waals surface area contributed by atoms with Gasteiger partial charge in [-0.05, 0) is 94.5 Å². The molecule has 1 saturated carbocycles. The number of carbonyl (C=O) groups excluding carboxylic acids is 1. The van der Waals surface area contributed by atoms with E-state index in [9.17, 15) is 54.9 Å². The van der Waals surface area contributed by atoms with E-state index in [-0.39, 0.29) is 59.0 Å². The average molecular weight is 882 g/mol. The number of ether oxygens (including phenoxy) is 2. The fraction of sp³-hybridized carbons (Fsp3) is 0.395. The van der Waals surface area contributed by atoms with Crippen LogP contribution >= 0.6 is 0 Å². The number of sulfonamides is 1. The molecule has 1 heterocycles. The van der Waals surface area contributed by atoms with Crippen molar-refractivity contribution in [3.05, 3.63) is 120 Å². The van der Waals surface area contributed by atoms with Gasteiger partial charge in [0.15, 0.2) is 5.69 Å². The number of hydrogen-bond donors (Lipinski definition) is 4. The van der Waals surface area contributed by atoms with Gasteiger partial charge in [-0.25, -0.2) is 18.2 Å². The van der Waals surface area contributed by atoms with Crippen molar-refractivity contribution in [1.82, 2.24) is 9.78 Å². The van der Waals surface area contributed by atoms with Gasteiger partial charge in [-0.3, -0.25) is 4.79 Å². The molecule has 1 aromatic heterocycles. The number of aromatic nitrogens is 2. The minimum absolute atomic E-state index is 0.0101. The molecule has 1 aliphatic rings. The number of aryl methyl sites for hydroxylation is 1. The van der Waals surface area contributed by atoms with Gasteiger partial charge in [0.2, 0.25) is 10.0 Å². The molecular weight excluding hydrogens is 833 g/mol. The highest BCUT2D eigenvalue weighted by molar-refractivity contribution is 7.89. The number of nitrogens with two attached hydrogens (primary N) is 1. The zero-order valence-corrected chi connectivity index (χ0v) is 34.4. The van der Waals surface area contributed by atoms with Gasteiger partial charge in [0, 0.05) is 24.3 Å². The number of halogens is 6. The predicted molar refractivity (Wildman–Crippen MR) is 215 cm³/mol. The fourth-order valence-corrected chi connectivity index (χ4v) is 6.96. The van der Waals surface area contributed by atoms with Crippen LogP contribution in [0.25, 0.3) is 16.9 Å². The largest absolute Gasteiger partial charge is 0.491 e. The van der Waals surface area contributed by atoms with Gasteiger partial charge in [-0.2, -0.15) is 31.4 Å². The number of hydrogen-bond acceptors (Lipinski definition) is 9. The van der Waals surface area contributed by atoms with E-state index in [4.69, 9.17) is 14.6 Å². The molecule has 18 heteroatoms. The summed E-state index contributed by atoms with van der Waals surface area (Å²) in [7, 11) is -3.90. The molecule has 0 spiro atoms. The molecule has 3 aromatic carbocycles. The van der Waals surface area contributed by atoms with Crippen LogP contribution in [0.2, 0.25) is 0 Å². The first-order chi connectivity index (χ1) is 28.5. The second-order valence-corrected chi connectivity index (χ2v) is 16.3. The first kappa shape index (κ1) is 48.7. The van der Waals surface area contributed by atoms with Crippen molar-refractivity contribution in [3.63, 3.8) is 0 Å². The van der Waals surface area contributed by atoms with Crippen molar-refractivity contribution < 1.29 is 64.3 Å². The average Bonchev–Trinajstić information content (AvgIpc) is 3.75. The lowest BCUT2D eigenvalue weighted by Crippen LogP contribution is -2.21. The maximum Gasteiger partial charge on any atom is 0.435 e. The van der Waals surface area contributed by atoms with Crippen LogP contribution in [0, 0.1) is 18.8 Å². The number of unbranched alkanes of at least 4 members (excludes halogenated alkanes) is 1. The first-order valence-corrected chi connectivity index (χ1v) is 20.8. The Morgan fingerprint density at radius 1 is 0.951 bits per heavy atom. The van der Waals surface area contributed by atoms with E-state index in [0.717, 1.165) is 28.4 Å². The summed E-state index contributed by atoms with van der Waals surface area (Å²) in [6.07, 6.45) is -2.52. The lowest BCUT2D eigenvalue weighted by Gasteiger charge is -2.19. The Bertz CT molecular complexity index is 2210. The summed E-state index contributed by atoms with van der Waals surface area (Å²) in [6.45, 7) is 5.21. The molecule has 0 unspecified atom stereocenters. The summed E-state index contributed by atoms with van der Waals surface area (Å²) in [5.41, 5.74) is 0.157. The van der Waals surface area contributed by atoms with Crippen LogP contribution in [0.4, 0.5) is 26.3 Å². The number of aliphatic hydroxyl groups is 3. The highest BCUT2D eigenvalue weighted by Crippen LogP contribution is 2.37. The molecule has 5 rings (SSSR count). The lowest BCUT2D eigenvalue weighted by molar-refractivity contribution is -0.147. The molecular formula is C43H49F6N3O8S. The van der Waals surface area contributed by atoms with Crippen LogP contribution in [0.3, 0.4) is 0 Å². The zero-order valence-electron chi connectivity index (χ0n) is 33.6. The Morgan fingerprint density at radius 3 is 2.23 bits per heavy atom. The predicted octanol–water partition coefficient (Wildman–Crippen LogP) is 7.94. The number of esters is 1. The van der Waals surface area contributed by atoms with Crippen molar-refractivity contribution in [3.8, 4) is 22.7 Å². The molecule has 61 heavy (non-hydrogen) atoms. The van der Waals surface area contributed by atoms with Crippen molar-refractivity contribution in [2.24, 2.45) is 17.0 Å². The monoisotopic (exact) mass is 881 g/mol. The van der Waals surface area contributed by atoms with E-state index in [1.54, 1.807) is 44.2 Å². The molecule has 5 N–H and O–H groups in total. The van der Waals surface area contributed by atoms with Crippen LogP contribution in [-0.4, -0.2) is 70.5 Å². The van der Waals surface area contributed by atoms with Gasteiger partial charge in [0.25, 0.3) is 0 Å². The van der Waals surface area contributed by atoms with Gasteiger partial charge in [0.1, 0.15) is 18.5 Å². The Hall–Kier alpha value is -5.01. The highest BCUT2D eigenvalue weighted by Gasteiger charge is 2.39. The zero-order chi connectivity index (χ0) is 45.1. The second-order valence-electron chi connectivity index (χ2n) is 14.8. The molecule has 0 radical (unpaired) electrons. The van der Waals surface area contributed by atoms with Gasteiger partial charge in [-0.15, -0.1) is 0 Å². The fourth-order valence-electron chi connectivity index (χ4n) is 6.44. The molecule has 0 amide bonds. The van der Waals surface area contributed by atoms with E-state index in [0.29, 0.717) is 31.2 Å². The van der Waals surface area contributed by atoms with E-state index >= 15 is 0 Å². The summed E-state index contributed by atoms with van der Waals surface area (Å²) >= 11 is 0. The molecule has 4 aromatic rings. The molecule has 332 valence electrons. The van der Waals surface area contributed by atoms with Crippen LogP contribution in [0.5, 0.6) is 5.75 Å². The SMILES string of the molecule is CC(C)OC(=O)CCC/C=C\C[C@@H]1[C@@H](/C=C/[C@@H](O)COc2cccc(C(F)(F)F)c2)[C@H](O)C[C@@H]1O.Cc1ccc(-c2cc(C(F)(F)F)nn2-c2ccc(S(N)(=O)=O)cc2)cc1. The van der Waals surface area contributed by atoms with Gasteiger partial charge in [0.05, 0.1) is 40.2 Å². The topological polar surface area (TPSA) is 174 Å². The highest BCUT2D eigenvalue weighted by atomic mass is 32.2. The standard InChI is InChI=1S/C26H35F3O6.C17H14F3N3O2S/c1-17(2)35-25(33)11-6-4-3-5-10-21-22(24(32)15-23(21)31)13-12-19(30)16-34-20-9-7-8-18(14-20)26(27,28)29;1-11-2-4-12(5-3-11)15-10-16(17(18,19)20)22-23(15)13-6-8-14(9-7-13)26(21,24)25/h3,5,7-9,12-14,17,19,21-24,30-32H,4,6,10-11,15-16H2,1-2H3;2-10H,1H3,(H2,21,24,25)/b5-3-,13-12+;/t19-,21-,22-,23+,24-;/m1./s1. The third-order valence-electron chi connectivity index (χ3n) is 9.50. The minimum atomic E-state index is -4.61. The van der Waals surface area contributed by atoms with Gasteiger partial charge >= 0.3 is 18.3 Å². The number of aliphatic hydroxyl groups excluding tert-OH is 3. The van der Waals surface area contributed by atoms with Gasteiger partial charge in [-0.1, -0.05) is 60.2 Å². The maximum atomic E-state index is 13.1.